The molecule has 5 aromatic rings. The summed E-state index contributed by atoms with van der Waals surface area (Å²) in [6, 6.07) is 14.4. The van der Waals surface area contributed by atoms with Gasteiger partial charge in [0.15, 0.2) is 6.10 Å². The number of phenolic OH excluding ortho intramolecular Hbond substituents is 2. The lowest BCUT2D eigenvalue weighted by Crippen LogP contribution is -2.46. The quantitative estimate of drug-likeness (QED) is 0.0623. The number of piperidine rings is 1. The number of anilines is 1. The number of likely N-dealkylation sites (tertiary alicyclic amines) is 1. The van der Waals surface area contributed by atoms with Gasteiger partial charge in [-0.25, -0.2) is 24.3 Å². The van der Waals surface area contributed by atoms with Crippen molar-refractivity contribution in [2.24, 2.45) is 5.73 Å². The van der Waals surface area contributed by atoms with E-state index >= 15 is 0 Å². The number of nitrogens with one attached hydrogen (secondary N) is 1. The highest BCUT2D eigenvalue weighted by Gasteiger charge is 2.36. The highest BCUT2D eigenvalue weighted by molar-refractivity contribution is 6.22. The number of amidine groups is 1. The van der Waals surface area contributed by atoms with Crippen LogP contribution in [0.2, 0.25) is 0 Å². The molecule has 0 saturated carbocycles. The predicted octanol–water partition coefficient (Wildman–Crippen LogP) is 7.55. The summed E-state index contributed by atoms with van der Waals surface area (Å²) >= 11 is 0. The zero-order valence-electron chi connectivity index (χ0n) is 37.9. The minimum absolute atomic E-state index is 0.0719. The summed E-state index contributed by atoms with van der Waals surface area (Å²) in [4.78, 5) is 61.8. The molecule has 6 heterocycles. The molecule has 16 nitrogen and oxygen atoms in total. The van der Waals surface area contributed by atoms with E-state index in [4.69, 9.17) is 25.6 Å². The molecule has 16 heteroatoms. The monoisotopic (exact) mass is 887 g/mol. The Hall–Kier alpha value is -6.78. The molecule has 9 rings (SSSR count). The summed E-state index contributed by atoms with van der Waals surface area (Å²) in [6.45, 7) is 16.1. The number of pyridine rings is 2. The Bertz CT molecular complexity index is 2780. The fraction of sp³-hybridized carbons (Fsp3) is 0.388. The number of ether oxygens (including phenoxy) is 2. The van der Waals surface area contributed by atoms with Crippen LogP contribution in [0.15, 0.2) is 59.4 Å². The number of amides is 3. The molecule has 342 valence electrons. The highest BCUT2D eigenvalue weighted by Crippen LogP contribution is 2.40. The molecule has 1 saturated heterocycles. The van der Waals surface area contributed by atoms with Crippen LogP contribution in [0.1, 0.15) is 118 Å². The molecule has 0 spiro atoms. The van der Waals surface area contributed by atoms with Gasteiger partial charge in [-0.05, 0) is 89.9 Å². The van der Waals surface area contributed by atoms with Crippen LogP contribution < -0.4 is 20.9 Å². The number of aryl methyl sites for hydroxylation is 1. The van der Waals surface area contributed by atoms with Crippen LogP contribution in [0.4, 0.5) is 15.3 Å². The number of aliphatic hydroxyl groups is 1. The number of aliphatic hydroxyl groups excluding tert-OH is 1. The molecular weight excluding hydrogens is 831 g/mol. The van der Waals surface area contributed by atoms with Crippen molar-refractivity contribution in [3.63, 3.8) is 0 Å². The number of nitrogens with zero attached hydrogens (tertiary/aromatic N) is 5. The third-order valence-corrected chi connectivity index (χ3v) is 12.5. The normalized spacial score (nSPS) is 16.3. The molecule has 1 fully saturated rings. The Morgan fingerprint density at radius 3 is 2.32 bits per heavy atom. The summed E-state index contributed by atoms with van der Waals surface area (Å²) in [6.07, 6.45) is 0.0836. The lowest BCUT2D eigenvalue weighted by Gasteiger charge is -2.36. The molecular formula is C49H57N7O9. The second-order valence-corrected chi connectivity index (χ2v) is 16.4. The number of hydrogen-bond acceptors (Lipinski definition) is 12. The lowest BCUT2D eigenvalue weighted by atomic mass is 9.97. The van der Waals surface area contributed by atoms with Gasteiger partial charge < -0.3 is 40.0 Å². The van der Waals surface area contributed by atoms with Crippen molar-refractivity contribution in [1.29, 1.82) is 5.41 Å². The Balaban J connectivity index is 0.00000153. The van der Waals surface area contributed by atoms with Crippen molar-refractivity contribution in [2.75, 3.05) is 18.0 Å². The van der Waals surface area contributed by atoms with Crippen LogP contribution in [0, 0.1) is 5.41 Å². The van der Waals surface area contributed by atoms with E-state index in [1.807, 2.05) is 66.7 Å². The number of primary amides is 1. The standard InChI is InChI=1S/C45H45N7O9.2C2H6/c1-4-28-30-14-27(7-8-35(30)48-39-33(28)20-51-36(39)16-31-34(42(51)56)21-60-43(57)40(31)55)61-45(59)49-11-9-25(10-12-49)50-18-23-5-6-26(13-24(23)19-50)52(44(47)58)41(46)32-15-29(22(2)3)37(53)17-38(32)54;2*1-2/h5-8,13-17,22,25,40,46,53-55H,4,9-12,18-21H2,1-3H3,(H2,47,58);2*1-2H3. The zero-order valence-corrected chi connectivity index (χ0v) is 37.9. The number of hydrogen-bond donors (Lipinski definition) is 5. The van der Waals surface area contributed by atoms with Gasteiger partial charge in [0.05, 0.1) is 40.3 Å². The Kier molecular flexibility index (Phi) is 13.3. The number of nitrogens with two attached hydrogens (primary N) is 1. The van der Waals surface area contributed by atoms with E-state index in [1.165, 1.54) is 12.1 Å². The predicted molar refractivity (Wildman–Crippen MR) is 246 cm³/mol. The van der Waals surface area contributed by atoms with Crippen LogP contribution in [0.25, 0.3) is 22.3 Å². The molecule has 0 bridgehead atoms. The first-order valence-corrected chi connectivity index (χ1v) is 22.4. The van der Waals surface area contributed by atoms with E-state index < -0.39 is 24.2 Å². The SMILES string of the molecule is CC.CC.CCc1c2c(nc3ccc(OC(=O)N4CCC(N5Cc6ccc(N(C(=N)c7cc(C(C)C)c(O)cc7O)C(N)=O)cc6C5)CC4)cc13)-c1cc3c(c(=O)n1C2)COC(=O)C3O. The zero-order chi connectivity index (χ0) is 47.0. The number of urea groups is 1. The molecule has 3 amide bonds. The van der Waals surface area contributed by atoms with Gasteiger partial charge in [0.2, 0.25) is 0 Å². The van der Waals surface area contributed by atoms with Gasteiger partial charge in [-0.15, -0.1) is 0 Å². The van der Waals surface area contributed by atoms with E-state index in [9.17, 15) is 34.5 Å². The number of aromatic nitrogens is 2. The van der Waals surface area contributed by atoms with Crippen molar-refractivity contribution < 1.29 is 39.2 Å². The van der Waals surface area contributed by atoms with Gasteiger partial charge in [0.25, 0.3) is 5.56 Å². The number of cyclic esters (lactones) is 1. The fourth-order valence-corrected chi connectivity index (χ4v) is 9.27. The molecule has 6 N–H and O–H groups in total. The minimum Gasteiger partial charge on any atom is -0.508 e. The first kappa shape index (κ1) is 46.2. The molecule has 0 radical (unpaired) electrons. The average Bonchev–Trinajstić information content (AvgIpc) is 3.90. The summed E-state index contributed by atoms with van der Waals surface area (Å²) < 4.78 is 12.6. The van der Waals surface area contributed by atoms with E-state index in [1.54, 1.807) is 33.7 Å². The van der Waals surface area contributed by atoms with E-state index in [0.29, 0.717) is 66.5 Å². The maximum atomic E-state index is 13.5. The van der Waals surface area contributed by atoms with Gasteiger partial charge >= 0.3 is 18.1 Å². The Morgan fingerprint density at radius 1 is 0.938 bits per heavy atom. The minimum atomic E-state index is -1.53. The van der Waals surface area contributed by atoms with E-state index in [0.717, 1.165) is 45.4 Å². The molecule has 0 aliphatic carbocycles. The molecule has 4 aliphatic rings. The second-order valence-electron chi connectivity index (χ2n) is 16.4. The summed E-state index contributed by atoms with van der Waals surface area (Å²) in [5, 5.41) is 41.1. The molecule has 1 unspecified atom stereocenters. The number of esters is 1. The first-order chi connectivity index (χ1) is 31.2. The summed E-state index contributed by atoms with van der Waals surface area (Å²) in [5.41, 5.74) is 12.7. The number of phenols is 2. The van der Waals surface area contributed by atoms with Crippen molar-refractivity contribution in [3.05, 3.63) is 109 Å². The van der Waals surface area contributed by atoms with Crippen LogP contribution in [0.3, 0.4) is 0 Å². The van der Waals surface area contributed by atoms with Crippen molar-refractivity contribution >= 4 is 40.5 Å². The summed E-state index contributed by atoms with van der Waals surface area (Å²) in [7, 11) is 0. The second kappa shape index (κ2) is 18.7. The number of aromatic hydroxyl groups is 2. The molecule has 1 atom stereocenters. The van der Waals surface area contributed by atoms with Crippen molar-refractivity contribution in [1.82, 2.24) is 19.4 Å². The Morgan fingerprint density at radius 2 is 1.65 bits per heavy atom. The van der Waals surface area contributed by atoms with Gasteiger partial charge in [0, 0.05) is 54.8 Å². The highest BCUT2D eigenvalue weighted by atomic mass is 16.6. The fourth-order valence-electron chi connectivity index (χ4n) is 9.27. The molecule has 4 aliphatic heterocycles. The number of benzene rings is 3. The third-order valence-electron chi connectivity index (χ3n) is 12.5. The average molecular weight is 888 g/mol. The first-order valence-electron chi connectivity index (χ1n) is 22.4. The smallest absolute Gasteiger partial charge is 0.415 e. The lowest BCUT2D eigenvalue weighted by molar-refractivity contribution is -0.157. The third kappa shape index (κ3) is 8.39. The van der Waals surface area contributed by atoms with Crippen LogP contribution in [-0.2, 0) is 42.2 Å². The van der Waals surface area contributed by atoms with Crippen molar-refractivity contribution in [3.8, 4) is 28.6 Å². The van der Waals surface area contributed by atoms with Crippen LogP contribution in [-0.4, -0.2) is 77.7 Å². The van der Waals surface area contributed by atoms with Crippen LogP contribution >= 0.6 is 0 Å². The van der Waals surface area contributed by atoms with E-state index in [2.05, 4.69) is 4.90 Å². The maximum Gasteiger partial charge on any atom is 0.415 e. The largest absolute Gasteiger partial charge is 0.508 e. The van der Waals surface area contributed by atoms with E-state index in [-0.39, 0.29) is 64.7 Å². The van der Waals surface area contributed by atoms with Gasteiger partial charge in [-0.1, -0.05) is 54.5 Å². The van der Waals surface area contributed by atoms with Gasteiger partial charge in [-0.2, -0.15) is 0 Å². The Labute approximate surface area is 377 Å². The number of carbonyl (C=O) groups is 3. The van der Waals surface area contributed by atoms with Crippen molar-refractivity contribution in [2.45, 2.75) is 112 Å². The molecule has 2 aromatic heterocycles. The maximum absolute atomic E-state index is 13.5. The molecule has 65 heavy (non-hydrogen) atoms. The molecule has 3 aromatic carbocycles. The van der Waals surface area contributed by atoms with Crippen LogP contribution in [0.5, 0.6) is 17.2 Å². The van der Waals surface area contributed by atoms with Gasteiger partial charge in [0.1, 0.15) is 29.7 Å². The number of rotatable bonds is 6. The van der Waals surface area contributed by atoms with Gasteiger partial charge in [-0.3, -0.25) is 15.1 Å². The number of fused-ring (bicyclic) bond motifs is 6. The number of carbonyl (C=O) groups excluding carboxylic acids is 3. The topological polar surface area (TPSA) is 225 Å². The summed E-state index contributed by atoms with van der Waals surface area (Å²) in [5.74, 6) is -1.25.